The lowest BCUT2D eigenvalue weighted by molar-refractivity contribution is 0.257. The molecule has 0 fully saturated rings. The molecule has 0 bridgehead atoms. The highest BCUT2D eigenvalue weighted by Gasteiger charge is 2.15. The quantitative estimate of drug-likeness (QED) is 0.794. The fourth-order valence-electron chi connectivity index (χ4n) is 1.84. The first-order valence-electron chi connectivity index (χ1n) is 6.37. The molecular weight excluding hydrogens is 212 g/mol. The lowest BCUT2D eigenvalue weighted by atomic mass is 9.88. The number of hydrogen-bond donors (Lipinski definition) is 1. The third-order valence-electron chi connectivity index (χ3n) is 3.17. The Morgan fingerprint density at radius 2 is 2.06 bits per heavy atom. The normalized spacial score (nSPS) is 12.4. The van der Waals surface area contributed by atoms with Crippen LogP contribution in [-0.2, 0) is 6.54 Å². The minimum Gasteiger partial charge on any atom is -0.465 e. The topological polar surface area (TPSA) is 42.4 Å². The zero-order valence-corrected chi connectivity index (χ0v) is 11.6. The van der Waals surface area contributed by atoms with Gasteiger partial charge in [-0.05, 0) is 57.5 Å². The molecule has 0 aliphatic carbocycles. The molecule has 0 spiro atoms. The maximum atomic E-state index is 5.72. The molecule has 0 aliphatic heterocycles. The van der Waals surface area contributed by atoms with Gasteiger partial charge in [0.15, 0.2) is 0 Å². The molecule has 1 aromatic heterocycles. The summed E-state index contributed by atoms with van der Waals surface area (Å²) in [6.45, 7) is 9.16. The van der Waals surface area contributed by atoms with Crippen LogP contribution < -0.4 is 5.73 Å². The minimum absolute atomic E-state index is 0.266. The van der Waals surface area contributed by atoms with E-state index < -0.39 is 0 Å². The molecule has 3 nitrogen and oxygen atoms in total. The van der Waals surface area contributed by atoms with Crippen molar-refractivity contribution in [1.29, 1.82) is 0 Å². The van der Waals surface area contributed by atoms with Crippen molar-refractivity contribution < 1.29 is 4.42 Å². The van der Waals surface area contributed by atoms with Crippen molar-refractivity contribution >= 4 is 0 Å². The highest BCUT2D eigenvalue weighted by molar-refractivity contribution is 5.05. The van der Waals surface area contributed by atoms with E-state index in [1.54, 1.807) is 0 Å². The third kappa shape index (κ3) is 5.37. The summed E-state index contributed by atoms with van der Waals surface area (Å²) in [7, 11) is 2.13. The number of aryl methyl sites for hydroxylation is 1. The Hall–Kier alpha value is -0.800. The zero-order chi connectivity index (χ0) is 12.9. The van der Waals surface area contributed by atoms with Crippen LogP contribution in [0.5, 0.6) is 0 Å². The number of nitrogens with two attached hydrogens (primary N) is 1. The first-order valence-corrected chi connectivity index (χ1v) is 6.37. The zero-order valence-electron chi connectivity index (χ0n) is 11.6. The van der Waals surface area contributed by atoms with E-state index in [9.17, 15) is 0 Å². The van der Waals surface area contributed by atoms with Crippen LogP contribution in [0.4, 0.5) is 0 Å². The van der Waals surface area contributed by atoms with Crippen LogP contribution in [0, 0.1) is 12.3 Å². The maximum absolute atomic E-state index is 5.72. The van der Waals surface area contributed by atoms with Crippen LogP contribution in [0.3, 0.4) is 0 Å². The van der Waals surface area contributed by atoms with Crippen LogP contribution in [0.1, 0.15) is 38.2 Å². The summed E-state index contributed by atoms with van der Waals surface area (Å²) >= 11 is 0. The molecule has 0 saturated heterocycles. The predicted molar refractivity (Wildman–Crippen MR) is 71.8 cm³/mol. The van der Waals surface area contributed by atoms with Gasteiger partial charge in [-0.15, -0.1) is 0 Å². The molecule has 0 amide bonds. The first kappa shape index (κ1) is 14.3. The van der Waals surface area contributed by atoms with Gasteiger partial charge in [-0.3, -0.25) is 4.90 Å². The van der Waals surface area contributed by atoms with Gasteiger partial charge in [-0.2, -0.15) is 0 Å². The van der Waals surface area contributed by atoms with E-state index >= 15 is 0 Å². The van der Waals surface area contributed by atoms with Crippen molar-refractivity contribution in [2.24, 2.45) is 11.1 Å². The average Bonchev–Trinajstić information content (AvgIpc) is 2.63. The van der Waals surface area contributed by atoms with Crippen molar-refractivity contribution in [3.05, 3.63) is 23.7 Å². The van der Waals surface area contributed by atoms with E-state index in [0.717, 1.165) is 31.2 Å². The highest BCUT2D eigenvalue weighted by Crippen LogP contribution is 2.20. The van der Waals surface area contributed by atoms with Gasteiger partial charge < -0.3 is 10.2 Å². The fraction of sp³-hybridized carbons (Fsp3) is 0.714. The summed E-state index contributed by atoms with van der Waals surface area (Å²) in [5, 5.41) is 0. The van der Waals surface area contributed by atoms with Crippen molar-refractivity contribution in [3.8, 4) is 0 Å². The van der Waals surface area contributed by atoms with Crippen LogP contribution in [0.25, 0.3) is 0 Å². The standard InChI is InChI=1S/C14H26N2O/c1-12-6-7-13(17-12)10-16(4)9-5-8-14(2,3)11-15/h6-7H,5,8-11,15H2,1-4H3. The van der Waals surface area contributed by atoms with Gasteiger partial charge in [-0.1, -0.05) is 13.8 Å². The van der Waals surface area contributed by atoms with E-state index in [0.29, 0.717) is 0 Å². The molecule has 1 rings (SSSR count). The van der Waals surface area contributed by atoms with Crippen molar-refractivity contribution in [3.63, 3.8) is 0 Å². The summed E-state index contributed by atoms with van der Waals surface area (Å²) in [6, 6.07) is 4.07. The van der Waals surface area contributed by atoms with Crippen molar-refractivity contribution in [2.45, 2.75) is 40.2 Å². The number of hydrogen-bond acceptors (Lipinski definition) is 3. The molecule has 1 aromatic rings. The predicted octanol–water partition coefficient (Wildman–Crippen LogP) is 2.78. The summed E-state index contributed by atoms with van der Waals surface area (Å²) in [5.41, 5.74) is 5.99. The molecule has 17 heavy (non-hydrogen) atoms. The Morgan fingerprint density at radius 3 is 2.59 bits per heavy atom. The molecule has 98 valence electrons. The second-order valence-corrected chi connectivity index (χ2v) is 5.72. The molecule has 0 unspecified atom stereocenters. The number of nitrogens with zero attached hydrogens (tertiary/aromatic N) is 1. The second-order valence-electron chi connectivity index (χ2n) is 5.72. The van der Waals surface area contributed by atoms with Crippen molar-refractivity contribution in [2.75, 3.05) is 20.1 Å². The highest BCUT2D eigenvalue weighted by atomic mass is 16.3. The summed E-state index contributed by atoms with van der Waals surface area (Å²) in [4.78, 5) is 2.30. The van der Waals surface area contributed by atoms with E-state index in [2.05, 4.69) is 31.9 Å². The van der Waals surface area contributed by atoms with Gasteiger partial charge in [0.05, 0.1) is 6.54 Å². The van der Waals surface area contributed by atoms with E-state index in [-0.39, 0.29) is 5.41 Å². The summed E-state index contributed by atoms with van der Waals surface area (Å²) < 4.78 is 5.56. The number of rotatable bonds is 7. The monoisotopic (exact) mass is 238 g/mol. The molecule has 0 aromatic carbocycles. The van der Waals surface area contributed by atoms with Crippen molar-refractivity contribution in [1.82, 2.24) is 4.90 Å². The molecule has 0 radical (unpaired) electrons. The Balaban J connectivity index is 2.24. The lowest BCUT2D eigenvalue weighted by Crippen LogP contribution is -2.26. The Bertz CT molecular complexity index is 331. The molecule has 0 atom stereocenters. The smallest absolute Gasteiger partial charge is 0.118 e. The first-order chi connectivity index (χ1) is 7.93. The molecule has 3 heteroatoms. The molecule has 0 saturated carbocycles. The van der Waals surface area contributed by atoms with E-state index in [1.165, 1.54) is 12.8 Å². The van der Waals surface area contributed by atoms with Gasteiger partial charge in [0, 0.05) is 0 Å². The van der Waals surface area contributed by atoms with Gasteiger partial charge >= 0.3 is 0 Å². The van der Waals surface area contributed by atoms with Gasteiger partial charge in [0.1, 0.15) is 11.5 Å². The summed E-state index contributed by atoms with van der Waals surface area (Å²) in [5.74, 6) is 2.03. The van der Waals surface area contributed by atoms with Gasteiger partial charge in [0.2, 0.25) is 0 Å². The van der Waals surface area contributed by atoms with Crippen LogP contribution >= 0.6 is 0 Å². The Morgan fingerprint density at radius 1 is 1.35 bits per heavy atom. The van der Waals surface area contributed by atoms with Crippen LogP contribution in [-0.4, -0.2) is 25.0 Å². The Kier molecular flexibility index (Phi) is 5.22. The average molecular weight is 238 g/mol. The minimum atomic E-state index is 0.266. The molecular formula is C14H26N2O. The van der Waals surface area contributed by atoms with Gasteiger partial charge in [-0.25, -0.2) is 0 Å². The fourth-order valence-corrected chi connectivity index (χ4v) is 1.84. The van der Waals surface area contributed by atoms with Crippen LogP contribution in [0.2, 0.25) is 0 Å². The molecule has 0 aliphatic rings. The largest absolute Gasteiger partial charge is 0.465 e. The maximum Gasteiger partial charge on any atom is 0.118 e. The Labute approximate surface area is 105 Å². The SMILES string of the molecule is Cc1ccc(CN(C)CCCC(C)(C)CN)o1. The second kappa shape index (κ2) is 6.22. The van der Waals surface area contributed by atoms with E-state index in [1.807, 2.05) is 13.0 Å². The molecule has 1 heterocycles. The number of furan rings is 1. The van der Waals surface area contributed by atoms with Crippen LogP contribution in [0.15, 0.2) is 16.5 Å². The molecule has 2 N–H and O–H groups in total. The van der Waals surface area contributed by atoms with E-state index in [4.69, 9.17) is 10.2 Å². The van der Waals surface area contributed by atoms with Gasteiger partial charge in [0.25, 0.3) is 0 Å². The summed E-state index contributed by atoms with van der Waals surface area (Å²) in [6.07, 6.45) is 2.35. The third-order valence-corrected chi connectivity index (χ3v) is 3.17. The lowest BCUT2D eigenvalue weighted by Gasteiger charge is -2.23.